The van der Waals surface area contributed by atoms with Crippen LogP contribution < -0.4 is 4.90 Å². The fourth-order valence-corrected chi connectivity index (χ4v) is 3.09. The van der Waals surface area contributed by atoms with Crippen molar-refractivity contribution in [2.24, 2.45) is 0 Å². The first kappa shape index (κ1) is 14.8. The van der Waals surface area contributed by atoms with Gasteiger partial charge in [-0.25, -0.2) is 4.98 Å². The zero-order chi connectivity index (χ0) is 15.5. The highest BCUT2D eigenvalue weighted by Gasteiger charge is 2.21. The van der Waals surface area contributed by atoms with E-state index in [1.165, 1.54) is 11.8 Å². The van der Waals surface area contributed by atoms with E-state index >= 15 is 0 Å². The molecule has 0 unspecified atom stereocenters. The third-order valence-electron chi connectivity index (χ3n) is 3.48. The van der Waals surface area contributed by atoms with E-state index in [-0.39, 0.29) is 11.7 Å². The van der Waals surface area contributed by atoms with Gasteiger partial charge in [0.2, 0.25) is 11.1 Å². The molecule has 1 aliphatic heterocycles. The second-order valence-corrected chi connectivity index (χ2v) is 6.05. The first-order chi connectivity index (χ1) is 10.6. The predicted molar refractivity (Wildman–Crippen MR) is 84.2 cm³/mol. The molecule has 7 heteroatoms. The van der Waals surface area contributed by atoms with E-state index in [0.29, 0.717) is 22.9 Å². The zero-order valence-corrected chi connectivity index (χ0v) is 13.0. The largest absolute Gasteiger partial charge is 0.312 e. The molecule has 1 aliphatic rings. The Hall–Kier alpha value is -2.15. The number of amides is 1. The molecule has 2 aromatic rings. The molecule has 0 spiro atoms. The summed E-state index contributed by atoms with van der Waals surface area (Å²) < 4.78 is 0. The van der Waals surface area contributed by atoms with Gasteiger partial charge in [-0.05, 0) is 37.6 Å². The lowest BCUT2D eigenvalue weighted by atomic mass is 10.1. The number of rotatable bonds is 5. The number of anilines is 1. The highest BCUT2D eigenvalue weighted by Crippen LogP contribution is 2.22. The number of benzene rings is 1. The molecule has 1 aromatic carbocycles. The number of carbonyl (C=O) groups excluding carboxylic acids is 2. The molecule has 0 atom stereocenters. The van der Waals surface area contributed by atoms with Crippen LogP contribution >= 0.6 is 11.8 Å². The Bertz CT molecular complexity index is 696. The third-order valence-corrected chi connectivity index (χ3v) is 4.33. The minimum Gasteiger partial charge on any atom is -0.312 e. The van der Waals surface area contributed by atoms with Crippen LogP contribution in [0.2, 0.25) is 0 Å². The molecule has 1 N–H and O–H groups in total. The Balaban J connectivity index is 1.62. The van der Waals surface area contributed by atoms with E-state index in [1.807, 2.05) is 19.1 Å². The van der Waals surface area contributed by atoms with E-state index in [0.717, 1.165) is 24.5 Å². The summed E-state index contributed by atoms with van der Waals surface area (Å²) in [5, 5.41) is 7.31. The van der Waals surface area contributed by atoms with Gasteiger partial charge >= 0.3 is 0 Å². The van der Waals surface area contributed by atoms with Gasteiger partial charge in [-0.1, -0.05) is 11.8 Å². The second kappa shape index (κ2) is 6.31. The second-order valence-electron chi connectivity index (χ2n) is 5.11. The first-order valence-corrected chi connectivity index (χ1v) is 8.07. The number of nitrogens with zero attached hydrogens (tertiary/aromatic N) is 3. The molecule has 0 radical (unpaired) electrons. The summed E-state index contributed by atoms with van der Waals surface area (Å²) in [5.74, 6) is 1.19. The van der Waals surface area contributed by atoms with Crippen LogP contribution in [0.4, 0.5) is 5.69 Å². The molecule has 0 saturated carbocycles. The van der Waals surface area contributed by atoms with Crippen molar-refractivity contribution < 1.29 is 9.59 Å². The number of hydrogen-bond donors (Lipinski definition) is 1. The number of H-pyrrole nitrogens is 1. The molecular formula is C15H16N4O2S. The molecule has 6 nitrogen and oxygen atoms in total. The van der Waals surface area contributed by atoms with Crippen LogP contribution in [0.1, 0.15) is 29.0 Å². The molecule has 0 bridgehead atoms. The monoisotopic (exact) mass is 316 g/mol. The number of hydrogen-bond acceptors (Lipinski definition) is 5. The summed E-state index contributed by atoms with van der Waals surface area (Å²) in [6.45, 7) is 2.57. The number of Topliss-reactive ketones (excluding diaryl/α,β-unsaturated/α-hetero) is 1. The van der Waals surface area contributed by atoms with Crippen LogP contribution in [-0.4, -0.2) is 39.2 Å². The van der Waals surface area contributed by atoms with Gasteiger partial charge in [0.25, 0.3) is 0 Å². The molecule has 1 aromatic heterocycles. The molecule has 1 amide bonds. The quantitative estimate of drug-likeness (QED) is 0.676. The number of thioether (sulfide) groups is 1. The van der Waals surface area contributed by atoms with Crippen molar-refractivity contribution in [3.8, 4) is 0 Å². The van der Waals surface area contributed by atoms with Gasteiger partial charge in [0.1, 0.15) is 5.82 Å². The van der Waals surface area contributed by atoms with Gasteiger partial charge in [0, 0.05) is 24.2 Å². The highest BCUT2D eigenvalue weighted by molar-refractivity contribution is 7.99. The number of aromatic nitrogens is 3. The summed E-state index contributed by atoms with van der Waals surface area (Å²) in [4.78, 5) is 29.8. The lowest BCUT2D eigenvalue weighted by Gasteiger charge is -2.15. The molecule has 22 heavy (non-hydrogen) atoms. The van der Waals surface area contributed by atoms with Crippen LogP contribution in [0.15, 0.2) is 29.4 Å². The number of aromatic amines is 1. The number of nitrogens with one attached hydrogen (secondary N) is 1. The van der Waals surface area contributed by atoms with Crippen LogP contribution in [0, 0.1) is 6.92 Å². The molecule has 3 rings (SSSR count). The van der Waals surface area contributed by atoms with Crippen molar-refractivity contribution in [1.82, 2.24) is 15.2 Å². The lowest BCUT2D eigenvalue weighted by molar-refractivity contribution is -0.117. The normalized spacial score (nSPS) is 14.6. The predicted octanol–water partition coefficient (Wildman–Crippen LogP) is 2.21. The van der Waals surface area contributed by atoms with Gasteiger partial charge in [0.15, 0.2) is 5.78 Å². The average molecular weight is 316 g/mol. The van der Waals surface area contributed by atoms with Gasteiger partial charge in [-0.2, -0.15) is 0 Å². The van der Waals surface area contributed by atoms with E-state index in [9.17, 15) is 9.59 Å². The van der Waals surface area contributed by atoms with Gasteiger partial charge in [0.05, 0.1) is 5.75 Å². The Morgan fingerprint density at radius 3 is 2.73 bits per heavy atom. The first-order valence-electron chi connectivity index (χ1n) is 7.09. The van der Waals surface area contributed by atoms with Gasteiger partial charge < -0.3 is 4.90 Å². The Morgan fingerprint density at radius 1 is 1.36 bits per heavy atom. The maximum atomic E-state index is 12.2. The summed E-state index contributed by atoms with van der Waals surface area (Å²) in [7, 11) is 0. The lowest BCUT2D eigenvalue weighted by Crippen LogP contribution is -2.23. The topological polar surface area (TPSA) is 79.0 Å². The number of carbonyl (C=O) groups is 2. The van der Waals surface area contributed by atoms with Crippen LogP contribution in [0.3, 0.4) is 0 Å². The fourth-order valence-electron chi connectivity index (χ4n) is 2.35. The van der Waals surface area contributed by atoms with Crippen molar-refractivity contribution in [2.75, 3.05) is 17.2 Å². The van der Waals surface area contributed by atoms with E-state index in [2.05, 4.69) is 15.2 Å². The molecule has 0 aliphatic carbocycles. The number of aryl methyl sites for hydroxylation is 1. The van der Waals surface area contributed by atoms with Crippen molar-refractivity contribution in [3.63, 3.8) is 0 Å². The fraction of sp³-hybridized carbons (Fsp3) is 0.333. The Labute approximate surface area is 132 Å². The Kier molecular flexibility index (Phi) is 4.24. The smallest absolute Gasteiger partial charge is 0.227 e. The standard InChI is InChI=1S/C15H16N4O2S/c1-10-16-15(18-17-10)22-9-13(20)11-4-6-12(7-5-11)19-8-2-3-14(19)21/h4-7H,2-3,8-9H2,1H3,(H,16,17,18). The van der Waals surface area contributed by atoms with E-state index < -0.39 is 0 Å². The van der Waals surface area contributed by atoms with Crippen molar-refractivity contribution in [1.29, 1.82) is 0 Å². The van der Waals surface area contributed by atoms with E-state index in [4.69, 9.17) is 0 Å². The SMILES string of the molecule is Cc1nc(SCC(=O)c2ccc(N3CCCC3=O)cc2)n[nH]1. The van der Waals surface area contributed by atoms with Crippen LogP contribution in [-0.2, 0) is 4.79 Å². The summed E-state index contributed by atoms with van der Waals surface area (Å²) in [6, 6.07) is 7.20. The summed E-state index contributed by atoms with van der Waals surface area (Å²) in [5.41, 5.74) is 1.49. The Morgan fingerprint density at radius 2 is 2.14 bits per heavy atom. The van der Waals surface area contributed by atoms with Gasteiger partial charge in [-0.3, -0.25) is 14.7 Å². The minimum atomic E-state index is 0.0201. The van der Waals surface area contributed by atoms with Crippen molar-refractivity contribution in [3.05, 3.63) is 35.7 Å². The van der Waals surface area contributed by atoms with Crippen LogP contribution in [0.25, 0.3) is 0 Å². The summed E-state index contributed by atoms with van der Waals surface area (Å²) in [6.07, 6.45) is 1.50. The molecule has 114 valence electrons. The molecular weight excluding hydrogens is 300 g/mol. The van der Waals surface area contributed by atoms with Gasteiger partial charge in [-0.15, -0.1) is 5.10 Å². The summed E-state index contributed by atoms with van der Waals surface area (Å²) >= 11 is 1.31. The third kappa shape index (κ3) is 3.19. The molecule has 2 heterocycles. The highest BCUT2D eigenvalue weighted by atomic mass is 32.2. The average Bonchev–Trinajstić information content (AvgIpc) is 3.13. The molecule has 1 fully saturated rings. The van der Waals surface area contributed by atoms with Crippen molar-refractivity contribution in [2.45, 2.75) is 24.9 Å². The number of ketones is 1. The minimum absolute atomic E-state index is 0.0201. The maximum Gasteiger partial charge on any atom is 0.227 e. The maximum absolute atomic E-state index is 12.2. The molecule has 1 saturated heterocycles. The van der Waals surface area contributed by atoms with E-state index in [1.54, 1.807) is 17.0 Å². The zero-order valence-electron chi connectivity index (χ0n) is 12.2. The van der Waals surface area contributed by atoms with Crippen molar-refractivity contribution >= 4 is 29.1 Å². The van der Waals surface area contributed by atoms with Crippen LogP contribution in [0.5, 0.6) is 0 Å².